The molecule has 3 aliphatic carbocycles. The molecule has 2 saturated carbocycles. The third-order valence-corrected chi connectivity index (χ3v) is 35.0. The number of H-pyrrole nitrogens is 2. The Morgan fingerprint density at radius 1 is 0.617 bits per heavy atom. The van der Waals surface area contributed by atoms with Gasteiger partial charge in [0.05, 0.1) is 52.2 Å². The number of aliphatic hydroxyl groups excluding tert-OH is 2. The number of nitrogens with zero attached hydrogens (tertiary/aromatic N) is 6. The van der Waals surface area contributed by atoms with Crippen molar-refractivity contribution < 1.29 is 127 Å². The van der Waals surface area contributed by atoms with Crippen LogP contribution in [0.25, 0.3) is 35.5 Å². The average molecular weight is 2170 g/mol. The van der Waals surface area contributed by atoms with E-state index >= 15 is 0 Å². The van der Waals surface area contributed by atoms with Crippen molar-refractivity contribution in [1.82, 2.24) is 44.1 Å². The van der Waals surface area contributed by atoms with E-state index in [1.165, 1.54) is 75.6 Å². The summed E-state index contributed by atoms with van der Waals surface area (Å²) in [7, 11) is -33.0. The molecule has 42 nitrogen and oxygen atoms in total. The first kappa shape index (κ1) is 115. The molecule has 15 rings (SSSR count). The third-order valence-electron chi connectivity index (χ3n) is 27.7. The second kappa shape index (κ2) is 46.9. The van der Waals surface area contributed by atoms with E-state index in [0.717, 1.165) is 127 Å². The fourth-order valence-electron chi connectivity index (χ4n) is 21.1. The van der Waals surface area contributed by atoms with E-state index in [0.29, 0.717) is 41.4 Å². The number of carbonyl (C=O) groups is 4. The zero-order valence-electron chi connectivity index (χ0n) is 83.6. The first-order chi connectivity index (χ1) is 69.6. The number of phosphoric acid groups is 6. The molecule has 7 aliphatic rings. The van der Waals surface area contributed by atoms with Gasteiger partial charge >= 0.3 is 11.4 Å². The second-order valence-corrected chi connectivity index (χ2v) is 47.4. The Hall–Kier alpha value is -10.7. The molecule has 149 heavy (non-hydrogen) atoms. The van der Waals surface area contributed by atoms with E-state index < -0.39 is 119 Å². The first-order valence-electron chi connectivity index (χ1n) is 48.5. The van der Waals surface area contributed by atoms with Crippen LogP contribution in [0.15, 0.2) is 141 Å². The number of aryl methyl sites for hydroxylation is 2. The summed E-state index contributed by atoms with van der Waals surface area (Å²) >= 11 is 0. The van der Waals surface area contributed by atoms with Gasteiger partial charge in [-0.25, -0.2) is 22.8 Å². The monoisotopic (exact) mass is 2170 g/mol. The molecule has 8 aromatic rings. The lowest BCUT2D eigenvalue weighted by atomic mass is 9.65. The quantitative estimate of drug-likeness (QED) is 0.0188. The summed E-state index contributed by atoms with van der Waals surface area (Å²) in [6.45, 7) is 24.5. The fraction of sp³-hybridized carbons (Fsp3) is 0.436. The van der Waals surface area contributed by atoms with Gasteiger partial charge in [0.1, 0.15) is 18.0 Å². The average Bonchev–Trinajstić information content (AvgIpc) is 1.15. The summed E-state index contributed by atoms with van der Waals surface area (Å²) in [4.78, 5) is 205. The molecule has 48 heteroatoms. The van der Waals surface area contributed by atoms with Gasteiger partial charge in [-0.1, -0.05) is 102 Å². The van der Waals surface area contributed by atoms with Gasteiger partial charge in [-0.05, 0) is 226 Å². The van der Waals surface area contributed by atoms with E-state index in [1.54, 1.807) is 30.0 Å². The van der Waals surface area contributed by atoms with Gasteiger partial charge in [0, 0.05) is 176 Å². The van der Waals surface area contributed by atoms with Gasteiger partial charge < -0.3 is 103 Å². The highest BCUT2D eigenvalue weighted by molar-refractivity contribution is 7.65. The van der Waals surface area contributed by atoms with Crippen LogP contribution in [-0.4, -0.2) is 160 Å². The summed E-state index contributed by atoms with van der Waals surface area (Å²) in [5.41, 5.74) is 13.9. The molecule has 11 atom stereocenters. The van der Waals surface area contributed by atoms with Crippen LogP contribution >= 0.6 is 46.9 Å². The Balaban J connectivity index is 0.000000249. The van der Waals surface area contributed by atoms with Crippen LogP contribution in [0.2, 0.25) is 0 Å². The Bertz CT molecular complexity index is 7510. The SMILES string of the molecule is C.CC/C=c1\cc2c(cc1C)=C(c1ccccc1C(=O)N(C)CCCC(=O)NC/C=C/c1cn([C@@H]3C[C@H](COP(=O)([O-])OP(=O)([O-])OP(=O)([O-])[O-])[C@@H](O)C3)c(=O)[nH]c1=O)c1cc(C)c(NCC)cc1O2.CCN1c2cc3c(cc2C(C)CC1(C)C)C(c1ccccc1C(=O)N(C)CCCC(=O)NC/C=C/c1cn([C@@H]2C[C@H](COP(=O)([O-])OP(=O)([O-])OP(=O)([O-])[O-])[C@@H](O)C2)c(=O)[nH]c1=O)=c1cc2c4c(c1C3(C)C)CCC[N+]=4CC=C2. The smallest absolute Gasteiger partial charge is 0.328 e. The molecule has 0 spiro atoms. The molecule has 0 radical (unpaired) electrons. The predicted octanol–water partition coefficient (Wildman–Crippen LogP) is 5.38. The molecule has 0 saturated heterocycles. The number of phosphoric ester groups is 2. The molecule has 2 aromatic heterocycles. The van der Waals surface area contributed by atoms with Gasteiger partial charge in [0.25, 0.3) is 54.2 Å². The van der Waals surface area contributed by atoms with Crippen LogP contribution in [0, 0.1) is 25.7 Å². The number of ether oxygens (including phenoxy) is 1. The molecular weight excluding hydrogens is 2050 g/mol. The molecule has 7 N–H and O–H groups in total. The first-order valence-corrected chi connectivity index (χ1v) is 57.3. The van der Waals surface area contributed by atoms with Crippen molar-refractivity contribution >= 4 is 117 Å². The lowest BCUT2D eigenvalue weighted by molar-refractivity contribution is -0.342. The number of amides is 4. The molecule has 4 amide bonds. The highest BCUT2D eigenvalue weighted by atomic mass is 31.3. The zero-order chi connectivity index (χ0) is 108. The minimum atomic E-state index is -6.19. The highest BCUT2D eigenvalue weighted by Gasteiger charge is 2.45. The van der Waals surface area contributed by atoms with Crippen molar-refractivity contribution in [3.63, 3.8) is 0 Å². The van der Waals surface area contributed by atoms with E-state index in [4.69, 9.17) is 4.74 Å². The third kappa shape index (κ3) is 27.2. The zero-order valence-corrected chi connectivity index (χ0v) is 88.9. The molecule has 804 valence electrons. The van der Waals surface area contributed by atoms with Crippen LogP contribution in [0.4, 0.5) is 11.4 Å². The largest absolute Gasteiger partial charge is 0.790 e. The number of anilines is 2. The maximum absolute atomic E-state index is 14.8. The second-order valence-electron chi connectivity index (χ2n) is 38.9. The number of hydrogen-bond donors (Lipinski definition) is 7. The van der Waals surface area contributed by atoms with E-state index in [1.807, 2.05) is 62.4 Å². The Labute approximate surface area is 859 Å². The number of aromatic amines is 2. The maximum Gasteiger partial charge on any atom is 0.328 e. The van der Waals surface area contributed by atoms with Crippen LogP contribution in [0.1, 0.15) is 244 Å². The summed E-state index contributed by atoms with van der Waals surface area (Å²) in [6, 6.07) is 29.2. The minimum absolute atomic E-state index is 0. The Morgan fingerprint density at radius 3 is 1.62 bits per heavy atom. The minimum Gasteiger partial charge on any atom is -0.790 e. The molecular formula is C101H122N11O31P6-7. The molecule has 6 aromatic carbocycles. The molecule has 6 heterocycles. The van der Waals surface area contributed by atoms with Crippen molar-refractivity contribution in [3.8, 4) is 11.5 Å². The van der Waals surface area contributed by atoms with E-state index in [9.17, 15) is 115 Å². The summed E-state index contributed by atoms with van der Waals surface area (Å²) in [6.07, 6.45) is 16.6. The Morgan fingerprint density at radius 2 is 1.13 bits per heavy atom. The molecule has 5 unspecified atom stereocenters. The number of carbonyl (C=O) groups excluding carboxylic acids is 4. The predicted molar refractivity (Wildman–Crippen MR) is 543 cm³/mol. The normalized spacial score (nSPS) is 20.6. The van der Waals surface area contributed by atoms with Crippen molar-refractivity contribution in [2.24, 2.45) is 11.8 Å². The maximum atomic E-state index is 14.8. The number of rotatable bonds is 38. The number of aliphatic hydroxyl groups is 2. The van der Waals surface area contributed by atoms with E-state index in [2.05, 4.69) is 172 Å². The number of aromatic nitrogens is 4. The molecule has 2 fully saturated rings. The van der Waals surface area contributed by atoms with Crippen LogP contribution in [0.5, 0.6) is 11.5 Å². The number of benzene rings is 6. The van der Waals surface area contributed by atoms with E-state index in [-0.39, 0.29) is 118 Å². The standard InChI is InChI=1S/C55H69N6O15P3.C45H56N5O16P3.CH4/c1-8-61-45-29-44-42(28-41(45)33(2)30-54(61,3)4)48(43-26-34-16-12-23-59-24-13-19-40(50(34)59)49(43)55(44,5)6)38-17-9-10-18-39(38)52(65)58(7)22-14-20-47(63)56-21-11-15-35-31-60(53(66)57-51(35)64)37-25-36(46(62)27-37)32-74-78(70,71)76-79(72,73)75-77(67,68)69;1-6-12-29-22-39-35(19-27(29)3)42(36-20-28(4)37(46-7-2)24-40(36)64-39)33-14-8-9-15-34(33)44(54)49(5)18-11-16-41(52)47-17-10-13-30-25-50(45(55)48-43(30)53)32-21-31(38(51)23-32)26-63-68(59,60)66-69(61,62)65-67(56,57)58;/h9-12,15-18,26,28-29,31,33,36-37,46,62H,8,13-14,19-25,27,30,32H2,1-7H3,(H5-,56,57,63,64,66,67,68,69,70,71,72,73);8-10,12-15,19-20,22,24-25,31-32,38,46,51H,6-7,11,16-18,21,23,26H2,1-5H3,(H,47,52)(H,59,60)(H,61,62)(H,48,53,55)(H2,56,57,58);1H4/p-7/b15-11+;13-10+,29-12+;/t33?,36-,37-,46+;31-,32-,38+;/m11./s1. The van der Waals surface area contributed by atoms with Gasteiger partial charge in [0.15, 0.2) is 6.54 Å². The van der Waals surface area contributed by atoms with Gasteiger partial charge in [-0.15, -0.1) is 0 Å². The topological polar surface area (TPSA) is 619 Å². The lowest BCUT2D eigenvalue weighted by Crippen LogP contribution is -2.49. The lowest BCUT2D eigenvalue weighted by Gasteiger charge is -2.48. The van der Waals surface area contributed by atoms with Crippen molar-refractivity contribution in [1.29, 1.82) is 0 Å². The van der Waals surface area contributed by atoms with Gasteiger partial charge in [-0.2, -0.15) is 0 Å². The van der Waals surface area contributed by atoms with Gasteiger partial charge in [-0.3, -0.25) is 74.8 Å². The summed E-state index contributed by atoms with van der Waals surface area (Å²) < 4.78 is 102. The number of hydrogen-bond acceptors (Lipinski definition) is 33. The summed E-state index contributed by atoms with van der Waals surface area (Å²) in [5, 5.41) is 34.5. The highest BCUT2D eigenvalue weighted by Crippen LogP contribution is 2.63. The molecule has 0 bridgehead atoms. The van der Waals surface area contributed by atoms with Crippen LogP contribution < -0.4 is 113 Å². The number of fused-ring (bicyclic) bond motifs is 6. The van der Waals surface area contributed by atoms with Crippen molar-refractivity contribution in [3.05, 3.63) is 268 Å². The van der Waals surface area contributed by atoms with Crippen molar-refractivity contribution in [2.75, 3.05) is 89.9 Å². The van der Waals surface area contributed by atoms with Crippen molar-refractivity contribution in [2.45, 2.75) is 195 Å². The van der Waals surface area contributed by atoms with Crippen LogP contribution in [0.3, 0.4) is 0 Å². The fourth-order valence-corrected chi connectivity index (χ4v) is 26.9. The van der Waals surface area contributed by atoms with Gasteiger partial charge in [0.2, 0.25) is 17.2 Å². The van der Waals surface area contributed by atoms with Crippen LogP contribution in [-0.2, 0) is 75.1 Å². The summed E-state index contributed by atoms with van der Waals surface area (Å²) in [5.74, 6) is -1.38. The molecule has 4 aliphatic heterocycles. The Kier molecular flexibility index (Phi) is 36.3. The number of nitrogens with one attached hydrogen (secondary N) is 5.